The van der Waals surface area contributed by atoms with Crippen LogP contribution in [0, 0.1) is 5.92 Å². The average molecular weight is 364 g/mol. The molecule has 0 bridgehead atoms. The van der Waals surface area contributed by atoms with Crippen LogP contribution in [0.4, 0.5) is 0 Å². The van der Waals surface area contributed by atoms with E-state index in [1.807, 2.05) is 0 Å². The Labute approximate surface area is 164 Å². The highest BCUT2D eigenvalue weighted by Crippen LogP contribution is 2.47. The summed E-state index contributed by atoms with van der Waals surface area (Å²) in [6.07, 6.45) is 10.1. The van der Waals surface area contributed by atoms with Gasteiger partial charge in [-0.15, -0.1) is 0 Å². The van der Waals surface area contributed by atoms with E-state index in [0.717, 1.165) is 13.0 Å². The molecule has 3 heteroatoms. The zero-order chi connectivity index (χ0) is 18.2. The second-order valence-electron chi connectivity index (χ2n) is 8.93. The van der Waals surface area contributed by atoms with Gasteiger partial charge < -0.3 is 4.90 Å². The average Bonchev–Trinajstić information content (AvgIpc) is 3.08. The van der Waals surface area contributed by atoms with E-state index in [0.29, 0.717) is 12.0 Å². The first-order valence-corrected chi connectivity index (χ1v) is 11.1. The molecule has 0 aromatic heterocycles. The van der Waals surface area contributed by atoms with Crippen LogP contribution in [0.3, 0.4) is 0 Å². The van der Waals surface area contributed by atoms with Crippen LogP contribution >= 0.6 is 0 Å². The van der Waals surface area contributed by atoms with E-state index < -0.39 is 0 Å². The van der Waals surface area contributed by atoms with E-state index in [9.17, 15) is 0 Å². The van der Waals surface area contributed by atoms with Crippen LogP contribution in [-0.4, -0.2) is 48.7 Å². The van der Waals surface area contributed by atoms with Crippen molar-refractivity contribution in [3.05, 3.63) is 46.0 Å². The van der Waals surface area contributed by atoms with Crippen molar-refractivity contribution in [1.29, 1.82) is 0 Å². The van der Waals surface area contributed by atoms with Crippen molar-refractivity contribution >= 4 is 6.21 Å². The topological polar surface area (TPSA) is 18.8 Å². The predicted molar refractivity (Wildman–Crippen MR) is 112 cm³/mol. The summed E-state index contributed by atoms with van der Waals surface area (Å²) in [5.74, 6) is 0.651. The van der Waals surface area contributed by atoms with Gasteiger partial charge in [0.15, 0.2) is 0 Å². The standard InChI is InChI=1S/C24H33N3/c1-2-9-26-10-12-27(13-11-26)17-18-7-8-22-20(14-18)15-23-21-6-4-3-5-19(21)16-25-24(22)23/h7-8,14,16,19,24H,2-6,9-13,15,17H2,1H3. The molecular weight excluding hydrogens is 330 g/mol. The summed E-state index contributed by atoms with van der Waals surface area (Å²) in [6, 6.07) is 7.59. The molecule has 0 spiro atoms. The number of benzene rings is 1. The number of piperazine rings is 1. The van der Waals surface area contributed by atoms with Crippen LogP contribution in [-0.2, 0) is 13.0 Å². The number of dihydropyridines is 1. The quantitative estimate of drug-likeness (QED) is 0.739. The highest BCUT2D eigenvalue weighted by molar-refractivity contribution is 5.71. The zero-order valence-electron chi connectivity index (χ0n) is 16.8. The van der Waals surface area contributed by atoms with E-state index in [2.05, 4.69) is 41.1 Å². The Morgan fingerprint density at radius 1 is 1.04 bits per heavy atom. The molecule has 1 aromatic rings. The van der Waals surface area contributed by atoms with Crippen LogP contribution in [0.1, 0.15) is 61.8 Å². The second-order valence-corrected chi connectivity index (χ2v) is 8.93. The Morgan fingerprint density at radius 3 is 2.74 bits per heavy atom. The van der Waals surface area contributed by atoms with Gasteiger partial charge in [0.25, 0.3) is 0 Å². The Hall–Kier alpha value is -1.45. The fourth-order valence-corrected chi connectivity index (χ4v) is 5.66. The van der Waals surface area contributed by atoms with Crippen molar-refractivity contribution in [2.45, 2.75) is 58.0 Å². The molecule has 4 aliphatic rings. The minimum absolute atomic E-state index is 0.344. The molecule has 1 aromatic carbocycles. The smallest absolute Gasteiger partial charge is 0.0964 e. The van der Waals surface area contributed by atoms with E-state index in [-0.39, 0.29) is 0 Å². The minimum Gasteiger partial charge on any atom is -0.301 e. The maximum atomic E-state index is 4.99. The van der Waals surface area contributed by atoms with Crippen LogP contribution < -0.4 is 0 Å². The van der Waals surface area contributed by atoms with Gasteiger partial charge in [-0.1, -0.05) is 37.1 Å². The molecule has 2 aliphatic heterocycles. The number of fused-ring (bicyclic) bond motifs is 4. The monoisotopic (exact) mass is 363 g/mol. The molecule has 1 saturated heterocycles. The summed E-state index contributed by atoms with van der Waals surface area (Å²) in [4.78, 5) is 10.2. The van der Waals surface area contributed by atoms with Crippen LogP contribution in [0.5, 0.6) is 0 Å². The SMILES string of the molecule is CCCN1CCN(Cc2ccc3c(c2)CC2=C4CCCCC4C=NC23)CC1. The first-order chi connectivity index (χ1) is 13.3. The summed E-state index contributed by atoms with van der Waals surface area (Å²) < 4.78 is 0. The van der Waals surface area contributed by atoms with Gasteiger partial charge in [-0.3, -0.25) is 9.89 Å². The van der Waals surface area contributed by atoms with Gasteiger partial charge >= 0.3 is 0 Å². The molecule has 3 nitrogen and oxygen atoms in total. The molecule has 2 fully saturated rings. The van der Waals surface area contributed by atoms with Gasteiger partial charge in [0.05, 0.1) is 6.04 Å². The highest BCUT2D eigenvalue weighted by atomic mass is 15.3. The lowest BCUT2D eigenvalue weighted by Crippen LogP contribution is -2.45. The van der Waals surface area contributed by atoms with Gasteiger partial charge in [-0.25, -0.2) is 0 Å². The maximum Gasteiger partial charge on any atom is 0.0964 e. The maximum absolute atomic E-state index is 4.99. The molecule has 0 N–H and O–H groups in total. The van der Waals surface area contributed by atoms with E-state index in [1.54, 1.807) is 16.7 Å². The normalized spacial score (nSPS) is 28.2. The van der Waals surface area contributed by atoms with Crippen molar-refractivity contribution < 1.29 is 0 Å². The fraction of sp³-hybridized carbons (Fsp3) is 0.625. The van der Waals surface area contributed by atoms with E-state index >= 15 is 0 Å². The molecule has 2 heterocycles. The summed E-state index contributed by atoms with van der Waals surface area (Å²) in [5, 5.41) is 0. The van der Waals surface area contributed by atoms with Crippen molar-refractivity contribution in [3.63, 3.8) is 0 Å². The molecule has 2 unspecified atom stereocenters. The third-order valence-electron chi connectivity index (χ3n) is 7.11. The van der Waals surface area contributed by atoms with Crippen LogP contribution in [0.25, 0.3) is 0 Å². The number of aliphatic imine (C=N–C) groups is 1. The first kappa shape index (κ1) is 17.6. The lowest BCUT2D eigenvalue weighted by atomic mass is 9.79. The summed E-state index contributed by atoms with van der Waals surface area (Å²) >= 11 is 0. The lowest BCUT2D eigenvalue weighted by Gasteiger charge is -2.34. The number of rotatable bonds is 4. The fourth-order valence-electron chi connectivity index (χ4n) is 5.66. The molecule has 27 heavy (non-hydrogen) atoms. The molecular formula is C24H33N3. The highest BCUT2D eigenvalue weighted by Gasteiger charge is 2.34. The van der Waals surface area contributed by atoms with E-state index in [1.165, 1.54) is 76.0 Å². The molecule has 0 radical (unpaired) electrons. The van der Waals surface area contributed by atoms with Gasteiger partial charge in [0.1, 0.15) is 0 Å². The van der Waals surface area contributed by atoms with Gasteiger partial charge in [-0.2, -0.15) is 0 Å². The number of allylic oxidation sites excluding steroid dienone is 1. The molecule has 2 aliphatic carbocycles. The van der Waals surface area contributed by atoms with Gasteiger partial charge in [0.2, 0.25) is 0 Å². The van der Waals surface area contributed by atoms with Gasteiger partial charge in [0, 0.05) is 44.9 Å². The summed E-state index contributed by atoms with van der Waals surface area (Å²) in [7, 11) is 0. The largest absolute Gasteiger partial charge is 0.301 e. The molecule has 1 saturated carbocycles. The third-order valence-corrected chi connectivity index (χ3v) is 7.11. The zero-order valence-corrected chi connectivity index (χ0v) is 16.8. The number of hydrogen-bond acceptors (Lipinski definition) is 3. The second kappa shape index (κ2) is 7.52. The Bertz CT molecular complexity index is 755. The molecule has 0 amide bonds. The van der Waals surface area contributed by atoms with Crippen molar-refractivity contribution in [3.8, 4) is 0 Å². The van der Waals surface area contributed by atoms with Crippen molar-refractivity contribution in [2.75, 3.05) is 32.7 Å². The Kier molecular flexibility index (Phi) is 4.91. The third kappa shape index (κ3) is 3.40. The van der Waals surface area contributed by atoms with E-state index in [4.69, 9.17) is 4.99 Å². The minimum atomic E-state index is 0.344. The summed E-state index contributed by atoms with van der Waals surface area (Å²) in [6.45, 7) is 9.52. The molecule has 2 atom stereocenters. The Balaban J connectivity index is 1.30. The van der Waals surface area contributed by atoms with Crippen molar-refractivity contribution in [1.82, 2.24) is 9.80 Å². The lowest BCUT2D eigenvalue weighted by molar-refractivity contribution is 0.127. The van der Waals surface area contributed by atoms with Crippen LogP contribution in [0.15, 0.2) is 34.3 Å². The van der Waals surface area contributed by atoms with Crippen molar-refractivity contribution in [2.24, 2.45) is 10.9 Å². The summed E-state index contributed by atoms with van der Waals surface area (Å²) in [5.41, 5.74) is 7.92. The van der Waals surface area contributed by atoms with Crippen LogP contribution in [0.2, 0.25) is 0 Å². The molecule has 144 valence electrons. The number of hydrogen-bond donors (Lipinski definition) is 0. The van der Waals surface area contributed by atoms with Gasteiger partial charge in [-0.05, 0) is 60.9 Å². The first-order valence-electron chi connectivity index (χ1n) is 11.1. The predicted octanol–water partition coefficient (Wildman–Crippen LogP) is 4.38. The Morgan fingerprint density at radius 2 is 1.89 bits per heavy atom. The number of nitrogens with zero attached hydrogens (tertiary/aromatic N) is 3. The molecule has 5 rings (SSSR count).